The lowest BCUT2D eigenvalue weighted by Gasteiger charge is -2.28. The second-order valence-electron chi connectivity index (χ2n) is 10.1. The number of methoxy groups -OCH3 is 1. The summed E-state index contributed by atoms with van der Waals surface area (Å²) in [6.45, 7) is 13.8. The number of unbranched alkanes of at least 4 members (excludes halogenated alkanes) is 4. The first-order chi connectivity index (χ1) is 14.4. The molecular weight excluding hydrogens is 392 g/mol. The maximum Gasteiger partial charge on any atom is 0.227 e. The molecule has 1 rings (SSSR count). The summed E-state index contributed by atoms with van der Waals surface area (Å²) in [4.78, 5) is 25.3. The van der Waals surface area contributed by atoms with Crippen LogP contribution in [0.3, 0.4) is 0 Å². The fourth-order valence-electron chi connectivity index (χ4n) is 2.77. The SMILES string of the molecule is CCCCCCCOc1cc(C(NC(=O)C(C)(C)C)NC(=O)C(C)(C)C)ccc1OC. The highest BCUT2D eigenvalue weighted by Gasteiger charge is 2.29. The Morgan fingerprint density at radius 1 is 0.871 bits per heavy atom. The molecule has 0 aromatic heterocycles. The van der Waals surface area contributed by atoms with Gasteiger partial charge in [0.05, 0.1) is 13.7 Å². The van der Waals surface area contributed by atoms with Gasteiger partial charge in [-0.25, -0.2) is 0 Å². The molecule has 6 nitrogen and oxygen atoms in total. The van der Waals surface area contributed by atoms with E-state index in [0.717, 1.165) is 18.4 Å². The van der Waals surface area contributed by atoms with E-state index in [-0.39, 0.29) is 11.8 Å². The van der Waals surface area contributed by atoms with Crippen LogP contribution in [0.15, 0.2) is 18.2 Å². The Balaban J connectivity index is 3.07. The zero-order valence-corrected chi connectivity index (χ0v) is 20.7. The van der Waals surface area contributed by atoms with Gasteiger partial charge in [0.25, 0.3) is 0 Å². The Bertz CT molecular complexity index is 689. The van der Waals surface area contributed by atoms with E-state index in [1.54, 1.807) is 13.2 Å². The fourth-order valence-corrected chi connectivity index (χ4v) is 2.77. The van der Waals surface area contributed by atoms with Gasteiger partial charge in [0.1, 0.15) is 6.17 Å². The molecule has 1 aromatic carbocycles. The van der Waals surface area contributed by atoms with Crippen LogP contribution < -0.4 is 20.1 Å². The largest absolute Gasteiger partial charge is 0.493 e. The lowest BCUT2D eigenvalue weighted by molar-refractivity contribution is -0.132. The van der Waals surface area contributed by atoms with E-state index in [9.17, 15) is 9.59 Å². The molecule has 6 heteroatoms. The van der Waals surface area contributed by atoms with Crippen molar-refractivity contribution in [1.82, 2.24) is 10.6 Å². The monoisotopic (exact) mass is 434 g/mol. The minimum atomic E-state index is -0.670. The molecule has 0 fully saturated rings. The standard InChI is InChI=1S/C25H42N2O4/c1-9-10-11-12-13-16-31-20-17-18(14-15-19(20)30-8)21(26-22(28)24(2,3)4)27-23(29)25(5,6)7/h14-15,17,21H,9-13,16H2,1-8H3,(H,26,28)(H,27,29). The summed E-state index contributed by atoms with van der Waals surface area (Å²) >= 11 is 0. The molecule has 0 atom stereocenters. The smallest absolute Gasteiger partial charge is 0.227 e. The third-order valence-corrected chi connectivity index (χ3v) is 4.94. The Morgan fingerprint density at radius 3 is 1.90 bits per heavy atom. The van der Waals surface area contributed by atoms with E-state index in [0.29, 0.717) is 18.1 Å². The quantitative estimate of drug-likeness (QED) is 0.363. The molecule has 0 aliphatic heterocycles. The van der Waals surface area contributed by atoms with Gasteiger partial charge in [-0.3, -0.25) is 9.59 Å². The lowest BCUT2D eigenvalue weighted by Crippen LogP contribution is -2.47. The van der Waals surface area contributed by atoms with Crippen LogP contribution >= 0.6 is 0 Å². The number of amides is 2. The van der Waals surface area contributed by atoms with Gasteiger partial charge in [0.15, 0.2) is 11.5 Å². The van der Waals surface area contributed by atoms with Crippen molar-refractivity contribution < 1.29 is 19.1 Å². The predicted molar refractivity (Wildman–Crippen MR) is 125 cm³/mol. The van der Waals surface area contributed by atoms with Crippen molar-refractivity contribution in [2.45, 2.75) is 86.7 Å². The van der Waals surface area contributed by atoms with Crippen LogP contribution in [0.4, 0.5) is 0 Å². The summed E-state index contributed by atoms with van der Waals surface area (Å²) < 4.78 is 11.4. The van der Waals surface area contributed by atoms with Gasteiger partial charge in [-0.05, 0) is 24.1 Å². The molecule has 0 aliphatic carbocycles. The van der Waals surface area contributed by atoms with Crippen molar-refractivity contribution in [1.29, 1.82) is 0 Å². The van der Waals surface area contributed by atoms with Crippen LogP contribution in [0.5, 0.6) is 11.5 Å². The summed E-state index contributed by atoms with van der Waals surface area (Å²) in [5.41, 5.74) is -0.443. The summed E-state index contributed by atoms with van der Waals surface area (Å²) in [5, 5.41) is 5.93. The number of benzene rings is 1. The molecule has 0 saturated heterocycles. The average molecular weight is 435 g/mol. The highest BCUT2D eigenvalue weighted by molar-refractivity contribution is 5.84. The van der Waals surface area contributed by atoms with Crippen molar-refractivity contribution in [3.63, 3.8) is 0 Å². The Labute approximate surface area is 188 Å². The van der Waals surface area contributed by atoms with E-state index in [1.807, 2.05) is 53.7 Å². The summed E-state index contributed by atoms with van der Waals surface area (Å²) in [7, 11) is 1.60. The maximum absolute atomic E-state index is 12.7. The number of ether oxygens (including phenoxy) is 2. The Kier molecular flexibility index (Phi) is 10.3. The van der Waals surface area contributed by atoms with Gasteiger partial charge >= 0.3 is 0 Å². The molecule has 0 saturated carbocycles. The number of hydrogen-bond acceptors (Lipinski definition) is 4. The van der Waals surface area contributed by atoms with Crippen molar-refractivity contribution >= 4 is 11.8 Å². The van der Waals surface area contributed by atoms with Crippen LogP contribution in [0.25, 0.3) is 0 Å². The van der Waals surface area contributed by atoms with Gasteiger partial charge in [-0.15, -0.1) is 0 Å². The lowest BCUT2D eigenvalue weighted by atomic mass is 9.94. The minimum absolute atomic E-state index is 0.152. The molecule has 2 N–H and O–H groups in total. The van der Waals surface area contributed by atoms with E-state index >= 15 is 0 Å². The van der Waals surface area contributed by atoms with Crippen LogP contribution in [-0.2, 0) is 9.59 Å². The summed E-state index contributed by atoms with van der Waals surface area (Å²) in [6.07, 6.45) is 5.08. The number of nitrogens with one attached hydrogen (secondary N) is 2. The highest BCUT2D eigenvalue weighted by atomic mass is 16.5. The zero-order chi connectivity index (χ0) is 23.7. The van der Waals surface area contributed by atoms with Crippen molar-refractivity contribution in [3.05, 3.63) is 23.8 Å². The fraction of sp³-hybridized carbons (Fsp3) is 0.680. The van der Waals surface area contributed by atoms with Crippen LogP contribution in [0, 0.1) is 10.8 Å². The Hall–Kier alpha value is -2.24. The molecule has 31 heavy (non-hydrogen) atoms. The van der Waals surface area contributed by atoms with Gasteiger partial charge < -0.3 is 20.1 Å². The Morgan fingerprint density at radius 2 is 1.42 bits per heavy atom. The molecule has 1 aromatic rings. The van der Waals surface area contributed by atoms with E-state index in [4.69, 9.17) is 9.47 Å². The van der Waals surface area contributed by atoms with E-state index in [1.165, 1.54) is 19.3 Å². The minimum Gasteiger partial charge on any atom is -0.493 e. The van der Waals surface area contributed by atoms with Crippen LogP contribution in [0.1, 0.15) is 92.3 Å². The first-order valence-electron chi connectivity index (χ1n) is 11.3. The number of rotatable bonds is 11. The highest BCUT2D eigenvalue weighted by Crippen LogP contribution is 2.31. The zero-order valence-electron chi connectivity index (χ0n) is 20.7. The summed E-state index contributed by atoms with van der Waals surface area (Å²) in [6, 6.07) is 5.48. The molecule has 0 radical (unpaired) electrons. The average Bonchev–Trinajstić information content (AvgIpc) is 2.68. The van der Waals surface area contributed by atoms with Gasteiger partial charge in [0.2, 0.25) is 11.8 Å². The molecule has 0 bridgehead atoms. The van der Waals surface area contributed by atoms with Gasteiger partial charge in [-0.2, -0.15) is 0 Å². The van der Waals surface area contributed by atoms with Crippen LogP contribution in [-0.4, -0.2) is 25.5 Å². The molecule has 0 unspecified atom stereocenters. The molecule has 0 aliphatic rings. The van der Waals surface area contributed by atoms with Gasteiger partial charge in [0, 0.05) is 10.8 Å². The first kappa shape index (κ1) is 26.8. The normalized spacial score (nSPS) is 11.9. The third kappa shape index (κ3) is 9.19. The topological polar surface area (TPSA) is 76.7 Å². The third-order valence-electron chi connectivity index (χ3n) is 4.94. The predicted octanol–water partition coefficient (Wildman–Crippen LogP) is 5.37. The molecular formula is C25H42N2O4. The summed E-state index contributed by atoms with van der Waals surface area (Å²) in [5.74, 6) is 0.928. The second kappa shape index (κ2) is 12.0. The number of carbonyl (C=O) groups excluding carboxylic acids is 2. The number of carbonyl (C=O) groups is 2. The van der Waals surface area contributed by atoms with Gasteiger partial charge in [-0.1, -0.05) is 80.2 Å². The number of hydrogen-bond donors (Lipinski definition) is 2. The molecule has 0 heterocycles. The maximum atomic E-state index is 12.7. The van der Waals surface area contributed by atoms with Crippen molar-refractivity contribution in [2.24, 2.45) is 10.8 Å². The molecule has 0 spiro atoms. The van der Waals surface area contributed by atoms with Crippen LogP contribution in [0.2, 0.25) is 0 Å². The molecule has 176 valence electrons. The van der Waals surface area contributed by atoms with E-state index < -0.39 is 17.0 Å². The van der Waals surface area contributed by atoms with Crippen molar-refractivity contribution in [2.75, 3.05) is 13.7 Å². The second-order valence-corrected chi connectivity index (χ2v) is 10.1. The molecule has 2 amide bonds. The first-order valence-corrected chi connectivity index (χ1v) is 11.3. The van der Waals surface area contributed by atoms with Crippen molar-refractivity contribution in [3.8, 4) is 11.5 Å². The van der Waals surface area contributed by atoms with E-state index in [2.05, 4.69) is 17.6 Å².